The molecule has 0 saturated heterocycles. The smallest absolute Gasteiger partial charge is 0.243 e. The number of benzene rings is 1. The molecule has 1 aliphatic carbocycles. The Kier molecular flexibility index (Phi) is 3.08. The summed E-state index contributed by atoms with van der Waals surface area (Å²) < 4.78 is 17.1. The molecule has 0 N–H and O–H groups in total. The van der Waals surface area contributed by atoms with Gasteiger partial charge in [0.1, 0.15) is 5.82 Å². The number of aromatic nitrogens is 2. The molecule has 22 heavy (non-hydrogen) atoms. The van der Waals surface area contributed by atoms with Gasteiger partial charge in [0, 0.05) is 12.6 Å². The second-order valence-electron chi connectivity index (χ2n) is 6.00. The predicted molar refractivity (Wildman–Crippen MR) is 89.6 cm³/mol. The normalized spacial score (nSPS) is 19.2. The van der Waals surface area contributed by atoms with Crippen molar-refractivity contribution in [3.8, 4) is 0 Å². The summed E-state index contributed by atoms with van der Waals surface area (Å²) in [4.78, 5) is 14.9. The van der Waals surface area contributed by atoms with E-state index in [9.17, 15) is 9.18 Å². The van der Waals surface area contributed by atoms with E-state index in [4.69, 9.17) is 0 Å². The van der Waals surface area contributed by atoms with Gasteiger partial charge in [-0.2, -0.15) is 5.10 Å². The summed E-state index contributed by atoms with van der Waals surface area (Å²) >= 11 is 2.17. The van der Waals surface area contributed by atoms with Gasteiger partial charge in [0.05, 0.1) is 20.9 Å². The molecule has 1 saturated carbocycles. The minimum absolute atomic E-state index is 0.00776. The topological polar surface area (TPSA) is 38.1 Å². The van der Waals surface area contributed by atoms with Crippen molar-refractivity contribution in [3.05, 3.63) is 39.3 Å². The molecule has 1 spiro atoms. The first-order valence-corrected chi connectivity index (χ1v) is 8.45. The lowest BCUT2D eigenvalue weighted by molar-refractivity contribution is -0.122. The summed E-state index contributed by atoms with van der Waals surface area (Å²) in [6.07, 6.45) is 5.11. The van der Waals surface area contributed by atoms with Crippen LogP contribution in [0.4, 0.5) is 15.9 Å². The highest BCUT2D eigenvalue weighted by atomic mass is 127. The Morgan fingerprint density at radius 2 is 2.05 bits per heavy atom. The lowest BCUT2D eigenvalue weighted by Crippen LogP contribution is -2.37. The second kappa shape index (κ2) is 4.78. The number of nitrogens with zero attached hydrogens (tertiary/aromatic N) is 3. The number of amides is 1. The van der Waals surface area contributed by atoms with Gasteiger partial charge in [-0.05, 0) is 47.6 Å². The molecule has 0 bridgehead atoms. The fourth-order valence-corrected chi connectivity index (χ4v) is 4.63. The van der Waals surface area contributed by atoms with Gasteiger partial charge in [0.2, 0.25) is 5.91 Å². The van der Waals surface area contributed by atoms with Crippen LogP contribution in [0.15, 0.2) is 24.4 Å². The highest BCUT2D eigenvalue weighted by molar-refractivity contribution is 14.1. The fourth-order valence-electron chi connectivity index (χ4n) is 3.91. The molecule has 0 radical (unpaired) electrons. The monoisotopic (exact) mass is 411 g/mol. The molecular formula is C16H15FIN3O. The third-order valence-electron chi connectivity index (χ3n) is 4.86. The van der Waals surface area contributed by atoms with E-state index in [2.05, 4.69) is 27.7 Å². The van der Waals surface area contributed by atoms with E-state index >= 15 is 0 Å². The quantitative estimate of drug-likeness (QED) is 0.672. The van der Waals surface area contributed by atoms with Crippen molar-refractivity contribution < 1.29 is 9.18 Å². The summed E-state index contributed by atoms with van der Waals surface area (Å²) in [7, 11) is 1.81. The molecule has 0 atom stereocenters. The van der Waals surface area contributed by atoms with E-state index in [1.165, 1.54) is 6.07 Å². The average molecular weight is 411 g/mol. The maximum atomic E-state index is 14.6. The predicted octanol–water partition coefficient (Wildman–Crippen LogP) is 3.65. The molecule has 1 fully saturated rings. The van der Waals surface area contributed by atoms with Crippen molar-refractivity contribution in [2.75, 3.05) is 4.90 Å². The Balaban J connectivity index is 2.00. The Morgan fingerprint density at radius 3 is 2.68 bits per heavy atom. The fraction of sp³-hybridized carbons (Fsp3) is 0.375. The molecule has 0 unspecified atom stereocenters. The van der Waals surface area contributed by atoms with E-state index < -0.39 is 5.41 Å². The van der Waals surface area contributed by atoms with E-state index in [1.807, 2.05) is 13.1 Å². The van der Waals surface area contributed by atoms with Crippen LogP contribution in [-0.2, 0) is 17.3 Å². The zero-order chi connectivity index (χ0) is 15.5. The number of halogens is 2. The van der Waals surface area contributed by atoms with Gasteiger partial charge in [-0.1, -0.05) is 18.9 Å². The molecule has 1 aromatic carbocycles. The van der Waals surface area contributed by atoms with Gasteiger partial charge in [-0.3, -0.25) is 14.4 Å². The van der Waals surface area contributed by atoms with Gasteiger partial charge >= 0.3 is 0 Å². The van der Waals surface area contributed by atoms with Gasteiger partial charge in [0.25, 0.3) is 0 Å². The molecule has 1 aliphatic heterocycles. The Bertz CT molecular complexity index is 760. The molecule has 4 nitrogen and oxygen atoms in total. The molecule has 1 amide bonds. The van der Waals surface area contributed by atoms with E-state index in [1.54, 1.807) is 21.8 Å². The number of aryl methyl sites for hydroxylation is 1. The van der Waals surface area contributed by atoms with Gasteiger partial charge in [0.15, 0.2) is 5.82 Å². The molecule has 1 aromatic heterocycles. The van der Waals surface area contributed by atoms with Crippen LogP contribution in [0.1, 0.15) is 31.2 Å². The van der Waals surface area contributed by atoms with Crippen LogP contribution < -0.4 is 4.90 Å². The SMILES string of the molecule is Cn1ncc(I)c1N1C(=O)C2(CCCC2)c2c(F)cccc21. The molecule has 2 aromatic rings. The first-order chi connectivity index (χ1) is 10.6. The maximum absolute atomic E-state index is 14.6. The van der Waals surface area contributed by atoms with Gasteiger partial charge in [-0.15, -0.1) is 0 Å². The number of hydrogen-bond acceptors (Lipinski definition) is 2. The van der Waals surface area contributed by atoms with Crippen LogP contribution >= 0.6 is 22.6 Å². The standard InChI is InChI=1S/C16H15FIN3O/c1-20-14(11(18)9-19-20)21-12-6-4-5-10(17)13(12)16(15(21)22)7-2-3-8-16/h4-6,9H,2-3,7-8H2,1H3. The Hall–Kier alpha value is -1.44. The lowest BCUT2D eigenvalue weighted by Gasteiger charge is -2.23. The van der Waals surface area contributed by atoms with Gasteiger partial charge in [-0.25, -0.2) is 4.39 Å². The van der Waals surface area contributed by atoms with E-state index in [0.717, 1.165) is 35.1 Å². The second-order valence-corrected chi connectivity index (χ2v) is 7.17. The average Bonchev–Trinajstić information content (AvgIpc) is 3.15. The molecule has 2 heterocycles. The highest BCUT2D eigenvalue weighted by Gasteiger charge is 2.54. The lowest BCUT2D eigenvalue weighted by atomic mass is 9.80. The van der Waals surface area contributed by atoms with Crippen molar-refractivity contribution >= 4 is 40.0 Å². The summed E-state index contributed by atoms with van der Waals surface area (Å²) in [5.41, 5.74) is 0.566. The first-order valence-electron chi connectivity index (χ1n) is 7.37. The van der Waals surface area contributed by atoms with Gasteiger partial charge < -0.3 is 0 Å². The minimum Gasteiger partial charge on any atom is -0.273 e. The van der Waals surface area contributed by atoms with E-state index in [-0.39, 0.29) is 11.7 Å². The van der Waals surface area contributed by atoms with Crippen molar-refractivity contribution in [2.45, 2.75) is 31.1 Å². The molecule has 6 heteroatoms. The minimum atomic E-state index is -0.686. The third-order valence-corrected chi connectivity index (χ3v) is 5.62. The number of carbonyl (C=O) groups excluding carboxylic acids is 1. The number of hydrogen-bond donors (Lipinski definition) is 0. The van der Waals surface area contributed by atoms with Crippen LogP contribution in [-0.4, -0.2) is 15.7 Å². The highest BCUT2D eigenvalue weighted by Crippen LogP contribution is 2.54. The maximum Gasteiger partial charge on any atom is 0.243 e. The number of carbonyl (C=O) groups is 1. The van der Waals surface area contributed by atoms with Crippen molar-refractivity contribution in [2.24, 2.45) is 7.05 Å². The first kappa shape index (κ1) is 14.2. The van der Waals surface area contributed by atoms with Crippen LogP contribution in [0.25, 0.3) is 0 Å². The molecule has 114 valence electrons. The molecular weight excluding hydrogens is 396 g/mol. The molecule has 2 aliphatic rings. The van der Waals surface area contributed by atoms with Crippen LogP contribution in [0.3, 0.4) is 0 Å². The Labute approximate surface area is 141 Å². The largest absolute Gasteiger partial charge is 0.273 e. The third kappa shape index (κ3) is 1.67. The van der Waals surface area contributed by atoms with Crippen LogP contribution in [0.5, 0.6) is 0 Å². The number of rotatable bonds is 1. The summed E-state index contributed by atoms with van der Waals surface area (Å²) in [5, 5.41) is 4.23. The van der Waals surface area contributed by atoms with Crippen LogP contribution in [0, 0.1) is 9.39 Å². The zero-order valence-electron chi connectivity index (χ0n) is 12.1. The van der Waals surface area contributed by atoms with Crippen molar-refractivity contribution in [1.29, 1.82) is 0 Å². The van der Waals surface area contributed by atoms with Crippen LogP contribution in [0.2, 0.25) is 0 Å². The number of anilines is 2. The van der Waals surface area contributed by atoms with Crippen molar-refractivity contribution in [3.63, 3.8) is 0 Å². The Morgan fingerprint density at radius 1 is 1.32 bits per heavy atom. The summed E-state index contributed by atoms with van der Waals surface area (Å²) in [6, 6.07) is 4.97. The van der Waals surface area contributed by atoms with Crippen molar-refractivity contribution in [1.82, 2.24) is 9.78 Å². The summed E-state index contributed by atoms with van der Waals surface area (Å²) in [6.45, 7) is 0. The summed E-state index contributed by atoms with van der Waals surface area (Å²) in [5.74, 6) is 0.445. The zero-order valence-corrected chi connectivity index (χ0v) is 14.3. The number of fused-ring (bicyclic) bond motifs is 2. The van der Waals surface area contributed by atoms with E-state index in [0.29, 0.717) is 11.3 Å². The molecule has 4 rings (SSSR count).